The summed E-state index contributed by atoms with van der Waals surface area (Å²) in [4.78, 5) is 15.9. The number of carbonyl (C=O) groups excluding carboxylic acids is 1. The van der Waals surface area contributed by atoms with Crippen LogP contribution in [0.4, 0.5) is 0 Å². The molecule has 0 radical (unpaired) electrons. The Labute approximate surface area is 102 Å². The Morgan fingerprint density at radius 2 is 2.18 bits per heavy atom. The first-order valence-electron chi connectivity index (χ1n) is 6.23. The van der Waals surface area contributed by atoms with Crippen molar-refractivity contribution in [3.63, 3.8) is 0 Å². The largest absolute Gasteiger partial charge is 0.350 e. The van der Waals surface area contributed by atoms with Gasteiger partial charge in [-0.1, -0.05) is 18.9 Å². The van der Waals surface area contributed by atoms with Gasteiger partial charge in [-0.05, 0) is 30.4 Å². The Balaban J connectivity index is 1.85. The summed E-state index contributed by atoms with van der Waals surface area (Å²) in [5.41, 5.74) is 6.89. The highest BCUT2D eigenvalue weighted by molar-refractivity contribution is 5.92. The van der Waals surface area contributed by atoms with Gasteiger partial charge >= 0.3 is 0 Å². The first kappa shape index (κ1) is 12.0. The number of nitrogens with two attached hydrogens (primary N) is 1. The van der Waals surface area contributed by atoms with E-state index < -0.39 is 0 Å². The van der Waals surface area contributed by atoms with Crippen LogP contribution in [0.3, 0.4) is 0 Å². The van der Waals surface area contributed by atoms with E-state index >= 15 is 0 Å². The molecule has 4 heteroatoms. The Morgan fingerprint density at radius 1 is 1.41 bits per heavy atom. The molecule has 3 N–H and O–H groups in total. The van der Waals surface area contributed by atoms with Crippen LogP contribution < -0.4 is 11.1 Å². The van der Waals surface area contributed by atoms with Crippen molar-refractivity contribution in [2.24, 2.45) is 11.7 Å². The number of amides is 1. The van der Waals surface area contributed by atoms with Crippen molar-refractivity contribution in [1.29, 1.82) is 0 Å². The number of aromatic nitrogens is 1. The number of hydrogen-bond acceptors (Lipinski definition) is 3. The molecule has 0 saturated heterocycles. The van der Waals surface area contributed by atoms with Gasteiger partial charge in [0.2, 0.25) is 0 Å². The highest BCUT2D eigenvalue weighted by Gasteiger charge is 2.16. The lowest BCUT2D eigenvalue weighted by atomic mass is 10.1. The van der Waals surface area contributed by atoms with Crippen LogP contribution in [0, 0.1) is 5.92 Å². The lowest BCUT2D eigenvalue weighted by Gasteiger charge is -2.10. The van der Waals surface area contributed by atoms with Crippen molar-refractivity contribution in [1.82, 2.24) is 10.3 Å². The van der Waals surface area contributed by atoms with Crippen LogP contribution in [0.5, 0.6) is 0 Å². The molecule has 92 valence electrons. The van der Waals surface area contributed by atoms with Gasteiger partial charge in [0.15, 0.2) is 0 Å². The molecule has 0 aliphatic heterocycles. The Kier molecular flexibility index (Phi) is 4.09. The maximum absolute atomic E-state index is 11.8. The highest BCUT2D eigenvalue weighted by atomic mass is 16.1. The fourth-order valence-corrected chi connectivity index (χ4v) is 2.22. The molecule has 1 saturated carbocycles. The fourth-order valence-electron chi connectivity index (χ4n) is 2.22. The van der Waals surface area contributed by atoms with Crippen LogP contribution in [-0.4, -0.2) is 17.4 Å². The fraction of sp³-hybridized carbons (Fsp3) is 0.538. The van der Waals surface area contributed by atoms with Crippen molar-refractivity contribution >= 4 is 5.91 Å². The number of rotatable bonds is 4. The second-order valence-electron chi connectivity index (χ2n) is 4.62. The zero-order valence-corrected chi connectivity index (χ0v) is 9.98. The van der Waals surface area contributed by atoms with E-state index in [-0.39, 0.29) is 5.91 Å². The zero-order valence-electron chi connectivity index (χ0n) is 9.98. The summed E-state index contributed by atoms with van der Waals surface area (Å²) in [5, 5.41) is 2.95. The van der Waals surface area contributed by atoms with Gasteiger partial charge in [-0.2, -0.15) is 0 Å². The number of nitrogens with zero attached hydrogens (tertiary/aromatic N) is 1. The van der Waals surface area contributed by atoms with Gasteiger partial charge in [0.05, 0.1) is 0 Å². The zero-order chi connectivity index (χ0) is 12.1. The van der Waals surface area contributed by atoms with E-state index in [2.05, 4.69) is 10.3 Å². The van der Waals surface area contributed by atoms with Gasteiger partial charge in [0, 0.05) is 19.3 Å². The summed E-state index contributed by atoms with van der Waals surface area (Å²) < 4.78 is 0. The van der Waals surface area contributed by atoms with Crippen molar-refractivity contribution in [3.05, 3.63) is 29.6 Å². The maximum atomic E-state index is 11.8. The van der Waals surface area contributed by atoms with E-state index in [0.717, 1.165) is 12.1 Å². The van der Waals surface area contributed by atoms with E-state index in [1.165, 1.54) is 25.7 Å². The molecule has 1 heterocycles. The average Bonchev–Trinajstić information content (AvgIpc) is 2.89. The Morgan fingerprint density at radius 3 is 2.76 bits per heavy atom. The number of pyridine rings is 1. The number of hydrogen-bond donors (Lipinski definition) is 2. The van der Waals surface area contributed by atoms with Crippen LogP contribution in [0.2, 0.25) is 0 Å². The molecule has 0 aromatic carbocycles. The van der Waals surface area contributed by atoms with Crippen LogP contribution in [0.15, 0.2) is 18.3 Å². The molecular weight excluding hydrogens is 214 g/mol. The third kappa shape index (κ3) is 3.27. The minimum absolute atomic E-state index is 0.0829. The summed E-state index contributed by atoms with van der Waals surface area (Å²) in [7, 11) is 0. The molecule has 17 heavy (non-hydrogen) atoms. The third-order valence-electron chi connectivity index (χ3n) is 3.32. The molecule has 0 atom stereocenters. The molecule has 1 aliphatic rings. The lowest BCUT2D eigenvalue weighted by Crippen LogP contribution is -2.29. The van der Waals surface area contributed by atoms with E-state index in [1.807, 2.05) is 6.07 Å². The molecule has 0 unspecified atom stereocenters. The monoisotopic (exact) mass is 233 g/mol. The van der Waals surface area contributed by atoms with Crippen LogP contribution >= 0.6 is 0 Å². The molecule has 1 aromatic heterocycles. The molecular formula is C13H19N3O. The van der Waals surface area contributed by atoms with Gasteiger partial charge in [-0.25, -0.2) is 0 Å². The molecule has 1 aliphatic carbocycles. The predicted molar refractivity (Wildman–Crippen MR) is 66.4 cm³/mol. The van der Waals surface area contributed by atoms with Gasteiger partial charge in [0.1, 0.15) is 5.69 Å². The van der Waals surface area contributed by atoms with Gasteiger partial charge in [-0.15, -0.1) is 0 Å². The smallest absolute Gasteiger partial charge is 0.269 e. The van der Waals surface area contributed by atoms with E-state index in [9.17, 15) is 4.79 Å². The van der Waals surface area contributed by atoms with Gasteiger partial charge in [-0.3, -0.25) is 9.78 Å². The molecule has 0 spiro atoms. The van der Waals surface area contributed by atoms with Crippen molar-refractivity contribution < 1.29 is 4.79 Å². The topological polar surface area (TPSA) is 68.0 Å². The number of carbonyl (C=O) groups is 1. The normalized spacial score (nSPS) is 16.1. The standard InChI is InChI=1S/C13H19N3O/c14-7-11-5-6-12(15-9-11)13(17)16-8-10-3-1-2-4-10/h5-6,9-10H,1-4,7-8,14H2,(H,16,17). The molecule has 1 fully saturated rings. The van der Waals surface area contributed by atoms with E-state index in [0.29, 0.717) is 18.2 Å². The van der Waals surface area contributed by atoms with Crippen molar-refractivity contribution in [3.8, 4) is 0 Å². The second-order valence-corrected chi connectivity index (χ2v) is 4.62. The lowest BCUT2D eigenvalue weighted by molar-refractivity contribution is 0.0942. The van der Waals surface area contributed by atoms with Gasteiger partial charge < -0.3 is 11.1 Å². The molecule has 2 rings (SSSR count). The SMILES string of the molecule is NCc1ccc(C(=O)NCC2CCCC2)nc1. The van der Waals surface area contributed by atoms with Crippen LogP contribution in [0.25, 0.3) is 0 Å². The summed E-state index contributed by atoms with van der Waals surface area (Å²) >= 11 is 0. The Bertz CT molecular complexity index is 369. The molecule has 1 amide bonds. The number of nitrogens with one attached hydrogen (secondary N) is 1. The third-order valence-corrected chi connectivity index (χ3v) is 3.32. The summed E-state index contributed by atoms with van der Waals surface area (Å²) in [6, 6.07) is 3.57. The summed E-state index contributed by atoms with van der Waals surface area (Å²) in [6.45, 7) is 1.23. The highest BCUT2D eigenvalue weighted by Crippen LogP contribution is 2.23. The maximum Gasteiger partial charge on any atom is 0.269 e. The van der Waals surface area contributed by atoms with Crippen LogP contribution in [0.1, 0.15) is 41.7 Å². The van der Waals surface area contributed by atoms with Crippen molar-refractivity contribution in [2.45, 2.75) is 32.2 Å². The predicted octanol–water partition coefficient (Wildman–Crippen LogP) is 1.46. The Hall–Kier alpha value is -1.42. The quantitative estimate of drug-likeness (QED) is 0.827. The van der Waals surface area contributed by atoms with E-state index in [1.54, 1.807) is 12.3 Å². The first-order valence-corrected chi connectivity index (χ1v) is 6.23. The minimum Gasteiger partial charge on any atom is -0.350 e. The van der Waals surface area contributed by atoms with Crippen molar-refractivity contribution in [2.75, 3.05) is 6.54 Å². The summed E-state index contributed by atoms with van der Waals surface area (Å²) in [6.07, 6.45) is 6.72. The molecule has 1 aromatic rings. The molecule has 0 bridgehead atoms. The second kappa shape index (κ2) is 5.77. The minimum atomic E-state index is -0.0829. The van der Waals surface area contributed by atoms with Gasteiger partial charge in [0.25, 0.3) is 5.91 Å². The molecule has 4 nitrogen and oxygen atoms in total. The van der Waals surface area contributed by atoms with E-state index in [4.69, 9.17) is 5.73 Å². The first-order chi connectivity index (χ1) is 8.29. The summed E-state index contributed by atoms with van der Waals surface area (Å²) in [5.74, 6) is 0.572. The average molecular weight is 233 g/mol. The van der Waals surface area contributed by atoms with Crippen LogP contribution in [-0.2, 0) is 6.54 Å².